The molecule has 6 nitrogen and oxygen atoms in total. The summed E-state index contributed by atoms with van der Waals surface area (Å²) in [6.07, 6.45) is 2.80. The van der Waals surface area contributed by atoms with E-state index in [1.54, 1.807) is 0 Å². The molecule has 0 radical (unpaired) electrons. The number of fused-ring (bicyclic) bond motifs is 1. The summed E-state index contributed by atoms with van der Waals surface area (Å²) in [5, 5.41) is 8.75. The van der Waals surface area contributed by atoms with Crippen LogP contribution in [0, 0.1) is 5.92 Å². The van der Waals surface area contributed by atoms with Crippen molar-refractivity contribution < 1.29 is 4.74 Å². The molecule has 1 aliphatic carbocycles. The van der Waals surface area contributed by atoms with Gasteiger partial charge in [0, 0.05) is 38.6 Å². The van der Waals surface area contributed by atoms with Crippen molar-refractivity contribution in [3.8, 4) is 0 Å². The van der Waals surface area contributed by atoms with E-state index in [1.165, 1.54) is 25.1 Å². The van der Waals surface area contributed by atoms with Crippen molar-refractivity contribution in [1.82, 2.24) is 24.8 Å². The van der Waals surface area contributed by atoms with Crippen LogP contribution in [0.4, 0.5) is 0 Å². The summed E-state index contributed by atoms with van der Waals surface area (Å²) in [6.45, 7) is 8.81. The summed E-state index contributed by atoms with van der Waals surface area (Å²) in [7, 11) is 4.16. The Morgan fingerprint density at radius 2 is 2.14 bits per heavy atom. The standard InChI is InChI=1S/C16H29N5O/c1-4-21-16-14(12-22-8-7-19(2)3)10-20(9-13-5-6-13)11-15(16)17-18-21/h13-14H,4-12H2,1-3H3/t14-/m1/s1. The number of aromatic nitrogens is 3. The third kappa shape index (κ3) is 3.86. The van der Waals surface area contributed by atoms with Crippen LogP contribution in [-0.2, 0) is 17.8 Å². The normalized spacial score (nSPS) is 22.3. The van der Waals surface area contributed by atoms with Gasteiger partial charge in [-0.05, 0) is 39.8 Å². The molecule has 0 spiro atoms. The Morgan fingerprint density at radius 1 is 1.32 bits per heavy atom. The molecular formula is C16H29N5O. The first-order chi connectivity index (χ1) is 10.7. The van der Waals surface area contributed by atoms with Gasteiger partial charge < -0.3 is 9.64 Å². The Bertz CT molecular complexity index is 483. The van der Waals surface area contributed by atoms with Gasteiger partial charge in [-0.25, -0.2) is 4.68 Å². The maximum atomic E-state index is 5.94. The Labute approximate surface area is 133 Å². The number of likely N-dealkylation sites (N-methyl/N-ethyl adjacent to an activating group) is 1. The van der Waals surface area contributed by atoms with Gasteiger partial charge in [0.2, 0.25) is 0 Å². The third-order valence-corrected chi connectivity index (χ3v) is 4.60. The predicted octanol–water partition coefficient (Wildman–Crippen LogP) is 1.19. The highest BCUT2D eigenvalue weighted by molar-refractivity contribution is 5.20. The van der Waals surface area contributed by atoms with Crippen LogP contribution in [0.3, 0.4) is 0 Å². The fourth-order valence-corrected chi connectivity index (χ4v) is 3.23. The maximum Gasteiger partial charge on any atom is 0.100 e. The van der Waals surface area contributed by atoms with E-state index in [1.807, 2.05) is 0 Å². The van der Waals surface area contributed by atoms with Crippen LogP contribution < -0.4 is 0 Å². The van der Waals surface area contributed by atoms with Gasteiger partial charge >= 0.3 is 0 Å². The Kier molecular flexibility index (Phi) is 5.10. The number of ether oxygens (including phenoxy) is 1. The molecule has 0 N–H and O–H groups in total. The van der Waals surface area contributed by atoms with E-state index in [-0.39, 0.29) is 0 Å². The van der Waals surface area contributed by atoms with E-state index in [4.69, 9.17) is 4.74 Å². The molecule has 0 unspecified atom stereocenters. The van der Waals surface area contributed by atoms with Gasteiger partial charge in [-0.3, -0.25) is 4.90 Å². The quantitative estimate of drug-likeness (QED) is 0.675. The Balaban J connectivity index is 1.64. The maximum absolute atomic E-state index is 5.94. The largest absolute Gasteiger partial charge is 0.379 e. The molecule has 6 heteroatoms. The molecule has 3 rings (SSSR count). The number of aryl methyl sites for hydroxylation is 1. The molecule has 1 atom stereocenters. The molecule has 1 saturated carbocycles. The van der Waals surface area contributed by atoms with E-state index in [2.05, 4.69) is 45.8 Å². The van der Waals surface area contributed by atoms with E-state index < -0.39 is 0 Å². The average Bonchev–Trinajstić information content (AvgIpc) is 3.20. The van der Waals surface area contributed by atoms with Gasteiger partial charge in [0.1, 0.15) is 5.69 Å². The van der Waals surface area contributed by atoms with Crippen molar-refractivity contribution >= 4 is 0 Å². The number of rotatable bonds is 8. The summed E-state index contributed by atoms with van der Waals surface area (Å²) >= 11 is 0. The molecule has 0 aromatic carbocycles. The average molecular weight is 307 g/mol. The van der Waals surface area contributed by atoms with Crippen LogP contribution in [0.25, 0.3) is 0 Å². The SMILES string of the molecule is CCn1nnc2c1[C@@H](COCCN(C)C)CN(CC1CC1)C2. The van der Waals surface area contributed by atoms with E-state index in [0.29, 0.717) is 5.92 Å². The first-order valence-electron chi connectivity index (χ1n) is 8.54. The Hall–Kier alpha value is -0.980. The minimum Gasteiger partial charge on any atom is -0.379 e. The van der Waals surface area contributed by atoms with Crippen LogP contribution >= 0.6 is 0 Å². The minimum atomic E-state index is 0.402. The molecule has 2 aliphatic rings. The van der Waals surface area contributed by atoms with Crippen LogP contribution in [0.1, 0.15) is 37.1 Å². The molecule has 124 valence electrons. The molecule has 1 fully saturated rings. The van der Waals surface area contributed by atoms with Crippen LogP contribution in [-0.4, -0.2) is 71.7 Å². The van der Waals surface area contributed by atoms with Crippen LogP contribution in [0.5, 0.6) is 0 Å². The zero-order valence-electron chi connectivity index (χ0n) is 14.2. The highest BCUT2D eigenvalue weighted by Gasteiger charge is 2.33. The zero-order chi connectivity index (χ0) is 15.5. The molecule has 0 bridgehead atoms. The van der Waals surface area contributed by atoms with E-state index >= 15 is 0 Å². The summed E-state index contributed by atoms with van der Waals surface area (Å²) < 4.78 is 8.00. The topological polar surface area (TPSA) is 46.4 Å². The van der Waals surface area contributed by atoms with Crippen molar-refractivity contribution in [2.45, 2.75) is 38.8 Å². The van der Waals surface area contributed by atoms with Gasteiger partial charge in [-0.15, -0.1) is 5.10 Å². The highest BCUT2D eigenvalue weighted by atomic mass is 16.5. The van der Waals surface area contributed by atoms with Crippen molar-refractivity contribution in [2.75, 3.05) is 46.9 Å². The molecule has 22 heavy (non-hydrogen) atoms. The van der Waals surface area contributed by atoms with Crippen LogP contribution in [0.2, 0.25) is 0 Å². The van der Waals surface area contributed by atoms with E-state index in [9.17, 15) is 0 Å². The molecule has 0 saturated heterocycles. The van der Waals surface area contributed by atoms with Gasteiger partial charge in [0.25, 0.3) is 0 Å². The third-order valence-electron chi connectivity index (χ3n) is 4.60. The number of nitrogens with zero attached hydrogens (tertiary/aromatic N) is 5. The van der Waals surface area contributed by atoms with Crippen molar-refractivity contribution in [3.63, 3.8) is 0 Å². The second kappa shape index (κ2) is 7.06. The lowest BCUT2D eigenvalue weighted by atomic mass is 9.98. The van der Waals surface area contributed by atoms with Gasteiger partial charge in [-0.1, -0.05) is 5.21 Å². The van der Waals surface area contributed by atoms with Crippen molar-refractivity contribution in [3.05, 3.63) is 11.4 Å². The summed E-state index contributed by atoms with van der Waals surface area (Å²) in [6, 6.07) is 0. The van der Waals surface area contributed by atoms with Crippen molar-refractivity contribution in [1.29, 1.82) is 0 Å². The lowest BCUT2D eigenvalue weighted by Gasteiger charge is -2.32. The minimum absolute atomic E-state index is 0.402. The molecule has 1 aliphatic heterocycles. The van der Waals surface area contributed by atoms with Gasteiger partial charge in [0.05, 0.1) is 18.9 Å². The molecule has 2 heterocycles. The predicted molar refractivity (Wildman–Crippen MR) is 85.8 cm³/mol. The first-order valence-corrected chi connectivity index (χ1v) is 8.54. The smallest absolute Gasteiger partial charge is 0.100 e. The number of hydrogen-bond acceptors (Lipinski definition) is 5. The van der Waals surface area contributed by atoms with Gasteiger partial charge in [-0.2, -0.15) is 0 Å². The summed E-state index contributed by atoms with van der Waals surface area (Å²) in [5.74, 6) is 1.32. The monoisotopic (exact) mass is 307 g/mol. The van der Waals surface area contributed by atoms with Crippen molar-refractivity contribution in [2.24, 2.45) is 5.92 Å². The lowest BCUT2D eigenvalue weighted by molar-refractivity contribution is 0.0837. The first kappa shape index (κ1) is 15.9. The second-order valence-corrected chi connectivity index (χ2v) is 6.95. The fraction of sp³-hybridized carbons (Fsp3) is 0.875. The molecular weight excluding hydrogens is 278 g/mol. The fourth-order valence-electron chi connectivity index (χ4n) is 3.23. The number of hydrogen-bond donors (Lipinski definition) is 0. The summed E-state index contributed by atoms with van der Waals surface area (Å²) in [4.78, 5) is 4.71. The molecule has 1 aromatic rings. The van der Waals surface area contributed by atoms with Gasteiger partial charge in [0.15, 0.2) is 0 Å². The lowest BCUT2D eigenvalue weighted by Crippen LogP contribution is -2.38. The highest BCUT2D eigenvalue weighted by Crippen LogP contribution is 2.33. The van der Waals surface area contributed by atoms with E-state index in [0.717, 1.165) is 51.0 Å². The van der Waals surface area contributed by atoms with Crippen LogP contribution in [0.15, 0.2) is 0 Å². The molecule has 0 amide bonds. The molecule has 1 aromatic heterocycles. The zero-order valence-corrected chi connectivity index (χ0v) is 14.2. The Morgan fingerprint density at radius 3 is 2.82 bits per heavy atom. The summed E-state index contributed by atoms with van der Waals surface area (Å²) in [5.41, 5.74) is 2.47. The second-order valence-electron chi connectivity index (χ2n) is 6.95.